The van der Waals surface area contributed by atoms with Crippen molar-refractivity contribution in [2.75, 3.05) is 19.0 Å². The zero-order valence-electron chi connectivity index (χ0n) is 19.7. The van der Waals surface area contributed by atoms with Gasteiger partial charge in [-0.1, -0.05) is 23.7 Å². The number of methoxy groups -OCH3 is 1. The maximum atomic E-state index is 12.4. The molecule has 0 heterocycles. The molecular formula is C25H23ClN4O6. The first-order valence-corrected chi connectivity index (χ1v) is 11.0. The molecule has 0 aliphatic carbocycles. The van der Waals surface area contributed by atoms with E-state index in [2.05, 4.69) is 15.8 Å². The SMILES string of the molecule is COc1cc(/C=N/NC(=O)c2ccc([N+](=O)[O-])cc2)cc(Cl)c1OCC(=O)Nc1cc(C)ccc1C. The zero-order valence-corrected chi connectivity index (χ0v) is 20.5. The molecule has 0 saturated heterocycles. The number of halogens is 1. The van der Waals surface area contributed by atoms with Gasteiger partial charge < -0.3 is 14.8 Å². The summed E-state index contributed by atoms with van der Waals surface area (Å²) in [6.07, 6.45) is 1.34. The van der Waals surface area contributed by atoms with Crippen molar-refractivity contribution in [3.8, 4) is 11.5 Å². The van der Waals surface area contributed by atoms with Crippen molar-refractivity contribution in [1.82, 2.24) is 5.43 Å². The number of aryl methyl sites for hydroxylation is 2. The Morgan fingerprint density at radius 3 is 2.50 bits per heavy atom. The van der Waals surface area contributed by atoms with E-state index in [0.717, 1.165) is 11.1 Å². The standard InChI is InChI=1S/C25H23ClN4O6/c1-15-4-5-16(2)21(10-15)28-23(31)14-36-24-20(26)11-17(12-22(24)35-3)13-27-29-25(32)18-6-8-19(9-7-18)30(33)34/h4-13H,14H2,1-3H3,(H,28,31)(H,29,32)/b27-13+. The Hall–Kier alpha value is -4.44. The molecule has 0 fully saturated rings. The Morgan fingerprint density at radius 2 is 1.83 bits per heavy atom. The number of hydrazone groups is 1. The molecule has 3 aromatic rings. The van der Waals surface area contributed by atoms with Crippen LogP contribution in [0.5, 0.6) is 11.5 Å². The number of nitrogens with one attached hydrogen (secondary N) is 2. The van der Waals surface area contributed by atoms with Crippen LogP contribution >= 0.6 is 11.6 Å². The second-order valence-corrected chi connectivity index (χ2v) is 8.10. The number of nitro groups is 1. The van der Waals surface area contributed by atoms with Gasteiger partial charge in [0.25, 0.3) is 17.5 Å². The fraction of sp³-hybridized carbons (Fsp3) is 0.160. The Kier molecular flexibility index (Phi) is 8.58. The highest BCUT2D eigenvalue weighted by Crippen LogP contribution is 2.36. The lowest BCUT2D eigenvalue weighted by Gasteiger charge is -2.14. The Bertz CT molecular complexity index is 1320. The monoisotopic (exact) mass is 510 g/mol. The van der Waals surface area contributed by atoms with Crippen molar-refractivity contribution in [2.24, 2.45) is 5.10 Å². The van der Waals surface area contributed by atoms with Crippen LogP contribution in [0.2, 0.25) is 5.02 Å². The van der Waals surface area contributed by atoms with Gasteiger partial charge in [0.2, 0.25) is 0 Å². The number of rotatable bonds is 9. The number of nitro benzene ring substituents is 1. The molecule has 0 unspecified atom stereocenters. The van der Waals surface area contributed by atoms with E-state index in [0.29, 0.717) is 11.3 Å². The summed E-state index contributed by atoms with van der Waals surface area (Å²) in [6.45, 7) is 3.54. The van der Waals surface area contributed by atoms with Crippen LogP contribution in [0.15, 0.2) is 59.7 Å². The molecular weight excluding hydrogens is 488 g/mol. The number of hydrogen-bond acceptors (Lipinski definition) is 7. The summed E-state index contributed by atoms with van der Waals surface area (Å²) in [7, 11) is 1.42. The summed E-state index contributed by atoms with van der Waals surface area (Å²) in [5.41, 5.74) is 5.55. The maximum absolute atomic E-state index is 12.4. The third-order valence-electron chi connectivity index (χ3n) is 4.99. The average molecular weight is 511 g/mol. The predicted octanol–water partition coefficient (Wildman–Crippen LogP) is 4.66. The molecule has 0 bridgehead atoms. The average Bonchev–Trinajstić information content (AvgIpc) is 2.85. The fourth-order valence-corrected chi connectivity index (χ4v) is 3.39. The molecule has 3 rings (SSSR count). The molecule has 0 atom stereocenters. The maximum Gasteiger partial charge on any atom is 0.271 e. The van der Waals surface area contributed by atoms with Gasteiger partial charge in [-0.25, -0.2) is 5.43 Å². The number of amides is 2. The van der Waals surface area contributed by atoms with Crippen LogP contribution in [0.1, 0.15) is 27.0 Å². The van der Waals surface area contributed by atoms with Crippen LogP contribution in [0.3, 0.4) is 0 Å². The summed E-state index contributed by atoms with van der Waals surface area (Å²) >= 11 is 6.34. The van der Waals surface area contributed by atoms with Gasteiger partial charge in [0.05, 0.1) is 23.3 Å². The van der Waals surface area contributed by atoms with Gasteiger partial charge in [0.15, 0.2) is 18.1 Å². The Morgan fingerprint density at radius 1 is 1.11 bits per heavy atom. The van der Waals surface area contributed by atoms with E-state index in [1.165, 1.54) is 43.7 Å². The highest BCUT2D eigenvalue weighted by molar-refractivity contribution is 6.32. The van der Waals surface area contributed by atoms with Gasteiger partial charge in [-0.2, -0.15) is 5.10 Å². The summed E-state index contributed by atoms with van der Waals surface area (Å²) in [5.74, 6) is -0.456. The fourth-order valence-electron chi connectivity index (χ4n) is 3.11. The van der Waals surface area contributed by atoms with Gasteiger partial charge in [-0.15, -0.1) is 0 Å². The summed E-state index contributed by atoms with van der Waals surface area (Å²) in [5, 5.41) is 17.6. The minimum Gasteiger partial charge on any atom is -0.493 e. The molecule has 10 nitrogen and oxygen atoms in total. The highest BCUT2D eigenvalue weighted by atomic mass is 35.5. The molecule has 0 aromatic heterocycles. The van der Waals surface area contributed by atoms with Crippen molar-refractivity contribution >= 4 is 41.0 Å². The van der Waals surface area contributed by atoms with Crippen molar-refractivity contribution in [3.05, 3.63) is 92.0 Å². The topological polar surface area (TPSA) is 132 Å². The molecule has 11 heteroatoms. The minimum atomic E-state index is -0.554. The number of carbonyl (C=O) groups excluding carboxylic acids is 2. The zero-order chi connectivity index (χ0) is 26.2. The van der Waals surface area contributed by atoms with E-state index in [1.807, 2.05) is 32.0 Å². The van der Waals surface area contributed by atoms with E-state index < -0.39 is 10.8 Å². The van der Waals surface area contributed by atoms with Gasteiger partial charge >= 0.3 is 0 Å². The molecule has 3 aromatic carbocycles. The van der Waals surface area contributed by atoms with Crippen LogP contribution in [-0.2, 0) is 4.79 Å². The number of hydrogen-bond donors (Lipinski definition) is 2. The largest absolute Gasteiger partial charge is 0.493 e. The third-order valence-corrected chi connectivity index (χ3v) is 5.27. The predicted molar refractivity (Wildman–Crippen MR) is 136 cm³/mol. The van der Waals surface area contributed by atoms with Crippen molar-refractivity contribution in [3.63, 3.8) is 0 Å². The van der Waals surface area contributed by atoms with Crippen LogP contribution < -0.4 is 20.2 Å². The van der Waals surface area contributed by atoms with Gasteiger partial charge in [0, 0.05) is 23.4 Å². The molecule has 0 spiro atoms. The van der Waals surface area contributed by atoms with E-state index in [4.69, 9.17) is 21.1 Å². The van der Waals surface area contributed by atoms with Gasteiger partial charge in [0.1, 0.15) is 0 Å². The molecule has 2 amide bonds. The molecule has 186 valence electrons. The number of anilines is 1. The Balaban J connectivity index is 1.63. The van der Waals surface area contributed by atoms with Crippen molar-refractivity contribution in [2.45, 2.75) is 13.8 Å². The minimum absolute atomic E-state index is 0.123. The lowest BCUT2D eigenvalue weighted by atomic mass is 10.1. The lowest BCUT2D eigenvalue weighted by Crippen LogP contribution is -2.21. The van der Waals surface area contributed by atoms with Crippen LogP contribution in [-0.4, -0.2) is 36.7 Å². The number of ether oxygens (including phenoxy) is 2. The van der Waals surface area contributed by atoms with Gasteiger partial charge in [-0.3, -0.25) is 19.7 Å². The van der Waals surface area contributed by atoms with Crippen LogP contribution in [0, 0.1) is 24.0 Å². The molecule has 2 N–H and O–H groups in total. The lowest BCUT2D eigenvalue weighted by molar-refractivity contribution is -0.384. The van der Waals surface area contributed by atoms with Crippen LogP contribution in [0.25, 0.3) is 0 Å². The van der Waals surface area contributed by atoms with E-state index in [9.17, 15) is 19.7 Å². The quantitative estimate of drug-likeness (QED) is 0.244. The third kappa shape index (κ3) is 6.80. The first-order chi connectivity index (χ1) is 17.2. The summed E-state index contributed by atoms with van der Waals surface area (Å²) in [6, 6.07) is 14.0. The summed E-state index contributed by atoms with van der Waals surface area (Å²) < 4.78 is 10.9. The molecule has 36 heavy (non-hydrogen) atoms. The molecule has 0 aliphatic rings. The highest BCUT2D eigenvalue weighted by Gasteiger charge is 2.15. The second kappa shape index (κ2) is 11.8. The Labute approximate surface area is 212 Å². The normalized spacial score (nSPS) is 10.7. The second-order valence-electron chi connectivity index (χ2n) is 7.69. The number of carbonyl (C=O) groups is 2. The number of non-ortho nitro benzene ring substituents is 1. The van der Waals surface area contributed by atoms with E-state index >= 15 is 0 Å². The van der Waals surface area contributed by atoms with Crippen LogP contribution in [0.4, 0.5) is 11.4 Å². The van der Waals surface area contributed by atoms with Crippen molar-refractivity contribution in [1.29, 1.82) is 0 Å². The summed E-state index contributed by atoms with van der Waals surface area (Å²) in [4.78, 5) is 34.7. The van der Waals surface area contributed by atoms with E-state index in [-0.39, 0.29) is 40.3 Å². The number of nitrogens with zero attached hydrogens (tertiary/aromatic N) is 2. The number of benzene rings is 3. The first-order valence-electron chi connectivity index (χ1n) is 10.6. The first kappa shape index (κ1) is 26.2. The molecule has 0 radical (unpaired) electrons. The molecule has 0 aliphatic heterocycles. The van der Waals surface area contributed by atoms with Crippen molar-refractivity contribution < 1.29 is 24.0 Å². The molecule has 0 saturated carbocycles. The van der Waals surface area contributed by atoms with Gasteiger partial charge in [-0.05, 0) is 60.9 Å². The smallest absolute Gasteiger partial charge is 0.271 e. The van der Waals surface area contributed by atoms with E-state index in [1.54, 1.807) is 6.07 Å².